The number of hydrazone groups is 1. The van der Waals surface area contributed by atoms with Crippen molar-refractivity contribution >= 4 is 23.6 Å². The number of nitrogens with zero attached hydrogens (tertiary/aromatic N) is 1. The highest BCUT2D eigenvalue weighted by atomic mass is 16.2. The van der Waals surface area contributed by atoms with E-state index in [1.165, 1.54) is 6.92 Å². The van der Waals surface area contributed by atoms with Gasteiger partial charge in [0.2, 0.25) is 11.8 Å². The summed E-state index contributed by atoms with van der Waals surface area (Å²) < 4.78 is 0. The Kier molecular flexibility index (Phi) is 6.48. The van der Waals surface area contributed by atoms with Gasteiger partial charge in [0.1, 0.15) is 11.8 Å². The van der Waals surface area contributed by atoms with Crippen LogP contribution in [0.3, 0.4) is 0 Å². The molecule has 0 bridgehead atoms. The van der Waals surface area contributed by atoms with Crippen LogP contribution in [-0.2, 0) is 14.4 Å². The van der Waals surface area contributed by atoms with Crippen LogP contribution in [0.1, 0.15) is 44.1 Å². The molecular formula is C17H22N4O3. The van der Waals surface area contributed by atoms with Gasteiger partial charge in [-0.05, 0) is 18.4 Å². The van der Waals surface area contributed by atoms with Crippen LogP contribution in [0.5, 0.6) is 0 Å². The Hall–Kier alpha value is -2.70. The van der Waals surface area contributed by atoms with Crippen molar-refractivity contribution in [1.29, 1.82) is 0 Å². The standard InChI is InChI=1S/C17H22N4O3/c1-12(22)18-11-7-3-6-10-14(23)19-16-15(17(24)21-20-16)13-8-4-2-5-9-13/h2,4-5,8-9,15H,3,6-7,10-11H2,1H3,(H,18,22)(H,21,24)(H,19,20,23)/t15-/m0/s1. The molecule has 1 heterocycles. The minimum atomic E-state index is -0.574. The highest BCUT2D eigenvalue weighted by Gasteiger charge is 2.32. The second kappa shape index (κ2) is 8.81. The maximum atomic E-state index is 12.0. The third kappa shape index (κ3) is 5.19. The number of nitrogens with one attached hydrogen (secondary N) is 3. The van der Waals surface area contributed by atoms with Gasteiger partial charge in [0, 0.05) is 19.9 Å². The van der Waals surface area contributed by atoms with E-state index in [-0.39, 0.29) is 17.7 Å². The molecule has 3 N–H and O–H groups in total. The molecule has 0 unspecified atom stereocenters. The number of hydrogen-bond donors (Lipinski definition) is 3. The summed E-state index contributed by atoms with van der Waals surface area (Å²) in [5, 5.41) is 9.37. The molecule has 0 fully saturated rings. The lowest BCUT2D eigenvalue weighted by Gasteiger charge is -2.12. The van der Waals surface area contributed by atoms with Crippen LogP contribution in [0.15, 0.2) is 35.4 Å². The third-order valence-corrected chi connectivity index (χ3v) is 3.68. The zero-order valence-corrected chi connectivity index (χ0v) is 13.7. The Morgan fingerprint density at radius 2 is 1.92 bits per heavy atom. The second-order valence-corrected chi connectivity index (χ2v) is 5.66. The monoisotopic (exact) mass is 330 g/mol. The topological polar surface area (TPSA) is 99.7 Å². The Morgan fingerprint density at radius 3 is 2.62 bits per heavy atom. The largest absolute Gasteiger partial charge is 0.356 e. The van der Waals surface area contributed by atoms with Gasteiger partial charge >= 0.3 is 0 Å². The third-order valence-electron chi connectivity index (χ3n) is 3.68. The number of amides is 3. The van der Waals surface area contributed by atoms with Crippen molar-refractivity contribution in [3.8, 4) is 0 Å². The SMILES string of the molecule is CC(=O)NCCCCCC(=O)NC1=NNC(=O)[C@H]1c1ccccc1. The lowest BCUT2D eigenvalue weighted by atomic mass is 9.98. The van der Waals surface area contributed by atoms with Gasteiger partial charge in [-0.1, -0.05) is 36.8 Å². The molecule has 128 valence electrons. The molecule has 1 aromatic carbocycles. The molecule has 2 rings (SSSR count). The molecule has 1 aliphatic heterocycles. The molecule has 7 heteroatoms. The van der Waals surface area contributed by atoms with Gasteiger partial charge in [-0.15, -0.1) is 0 Å². The highest BCUT2D eigenvalue weighted by Crippen LogP contribution is 2.20. The molecule has 0 saturated carbocycles. The smallest absolute Gasteiger partial charge is 0.255 e. The van der Waals surface area contributed by atoms with Gasteiger partial charge in [-0.25, -0.2) is 5.43 Å². The van der Waals surface area contributed by atoms with E-state index in [0.29, 0.717) is 18.8 Å². The lowest BCUT2D eigenvalue weighted by Crippen LogP contribution is -2.35. The highest BCUT2D eigenvalue weighted by molar-refractivity contribution is 6.15. The van der Waals surface area contributed by atoms with E-state index in [4.69, 9.17) is 0 Å². The van der Waals surface area contributed by atoms with E-state index in [9.17, 15) is 14.4 Å². The Morgan fingerprint density at radius 1 is 1.17 bits per heavy atom. The van der Waals surface area contributed by atoms with E-state index < -0.39 is 5.92 Å². The number of hydrogen-bond acceptors (Lipinski definition) is 4. The lowest BCUT2D eigenvalue weighted by molar-refractivity contribution is -0.121. The normalized spacial score (nSPS) is 16.3. The van der Waals surface area contributed by atoms with Crippen LogP contribution in [0.25, 0.3) is 0 Å². The maximum absolute atomic E-state index is 12.0. The molecule has 0 saturated heterocycles. The molecule has 0 aliphatic carbocycles. The van der Waals surface area contributed by atoms with Crippen LogP contribution >= 0.6 is 0 Å². The van der Waals surface area contributed by atoms with Gasteiger partial charge in [0.25, 0.3) is 5.91 Å². The number of carbonyl (C=O) groups is 3. The van der Waals surface area contributed by atoms with Crippen LogP contribution in [0.4, 0.5) is 0 Å². The Labute approximate surface area is 140 Å². The van der Waals surface area contributed by atoms with E-state index in [2.05, 4.69) is 21.2 Å². The Bertz CT molecular complexity index is 628. The van der Waals surface area contributed by atoms with E-state index in [0.717, 1.165) is 24.8 Å². The van der Waals surface area contributed by atoms with Crippen LogP contribution in [0, 0.1) is 0 Å². The van der Waals surface area contributed by atoms with Crippen molar-refractivity contribution in [3.63, 3.8) is 0 Å². The predicted molar refractivity (Wildman–Crippen MR) is 90.1 cm³/mol. The second-order valence-electron chi connectivity index (χ2n) is 5.66. The summed E-state index contributed by atoms with van der Waals surface area (Å²) in [4.78, 5) is 34.7. The average molecular weight is 330 g/mol. The van der Waals surface area contributed by atoms with Crippen molar-refractivity contribution in [2.45, 2.75) is 38.5 Å². The fourth-order valence-corrected chi connectivity index (χ4v) is 2.48. The first kappa shape index (κ1) is 17.7. The minimum Gasteiger partial charge on any atom is -0.356 e. The van der Waals surface area contributed by atoms with Crippen molar-refractivity contribution in [2.75, 3.05) is 6.54 Å². The van der Waals surface area contributed by atoms with Gasteiger partial charge in [0.05, 0.1) is 0 Å². The van der Waals surface area contributed by atoms with Crippen molar-refractivity contribution in [1.82, 2.24) is 16.1 Å². The van der Waals surface area contributed by atoms with Gasteiger partial charge in [-0.2, -0.15) is 5.10 Å². The summed E-state index contributed by atoms with van der Waals surface area (Å²) in [6.45, 7) is 2.10. The predicted octanol–water partition coefficient (Wildman–Crippen LogP) is 1.03. The molecule has 1 aromatic rings. The summed E-state index contributed by atoms with van der Waals surface area (Å²) in [5.41, 5.74) is 3.21. The molecule has 1 aliphatic rings. The molecular weight excluding hydrogens is 308 g/mol. The molecule has 7 nitrogen and oxygen atoms in total. The maximum Gasteiger partial charge on any atom is 0.255 e. The van der Waals surface area contributed by atoms with Crippen molar-refractivity contribution < 1.29 is 14.4 Å². The molecule has 3 amide bonds. The van der Waals surface area contributed by atoms with Crippen molar-refractivity contribution in [2.24, 2.45) is 5.10 Å². The first-order chi connectivity index (χ1) is 11.6. The first-order valence-corrected chi connectivity index (χ1v) is 8.04. The quantitative estimate of drug-likeness (QED) is 0.651. The van der Waals surface area contributed by atoms with Gasteiger partial charge < -0.3 is 10.6 Å². The fourth-order valence-electron chi connectivity index (χ4n) is 2.48. The summed E-state index contributed by atoms with van der Waals surface area (Å²) in [5.74, 6) is -0.682. The summed E-state index contributed by atoms with van der Waals surface area (Å²) in [6, 6.07) is 9.22. The molecule has 1 atom stereocenters. The van der Waals surface area contributed by atoms with Gasteiger partial charge in [0.15, 0.2) is 0 Å². The Balaban J connectivity index is 1.77. The molecule has 0 radical (unpaired) electrons. The molecule has 0 spiro atoms. The van der Waals surface area contributed by atoms with E-state index in [1.807, 2.05) is 30.3 Å². The number of rotatable bonds is 7. The summed E-state index contributed by atoms with van der Waals surface area (Å²) in [6.07, 6.45) is 2.75. The zero-order valence-electron chi connectivity index (χ0n) is 13.7. The minimum absolute atomic E-state index is 0.0453. The zero-order chi connectivity index (χ0) is 17.4. The molecule has 24 heavy (non-hydrogen) atoms. The first-order valence-electron chi connectivity index (χ1n) is 8.04. The number of benzene rings is 1. The van der Waals surface area contributed by atoms with Crippen molar-refractivity contribution in [3.05, 3.63) is 35.9 Å². The number of unbranched alkanes of at least 4 members (excludes halogenated alkanes) is 2. The van der Waals surface area contributed by atoms with E-state index >= 15 is 0 Å². The number of amidine groups is 1. The van der Waals surface area contributed by atoms with Gasteiger partial charge in [-0.3, -0.25) is 14.4 Å². The van der Waals surface area contributed by atoms with Crippen LogP contribution in [0.2, 0.25) is 0 Å². The molecule has 0 aromatic heterocycles. The number of carbonyl (C=O) groups excluding carboxylic acids is 3. The summed E-state index contributed by atoms with van der Waals surface area (Å²) >= 11 is 0. The van der Waals surface area contributed by atoms with Crippen LogP contribution < -0.4 is 16.1 Å². The van der Waals surface area contributed by atoms with E-state index in [1.54, 1.807) is 0 Å². The average Bonchev–Trinajstić information content (AvgIpc) is 2.91. The summed E-state index contributed by atoms with van der Waals surface area (Å²) in [7, 11) is 0. The fraction of sp³-hybridized carbons (Fsp3) is 0.412. The van der Waals surface area contributed by atoms with Crippen LogP contribution in [-0.4, -0.2) is 30.1 Å².